The van der Waals surface area contributed by atoms with E-state index in [1.165, 1.54) is 0 Å². The van der Waals surface area contributed by atoms with E-state index in [-0.39, 0.29) is 11.5 Å². The molecular weight excluding hydrogens is 560 g/mol. The second-order valence-electron chi connectivity index (χ2n) is 9.89. The molecule has 1 aliphatic rings. The Morgan fingerprint density at radius 3 is 2.20 bits per heavy atom. The lowest BCUT2D eigenvalue weighted by Crippen LogP contribution is -2.26. The van der Waals surface area contributed by atoms with Gasteiger partial charge in [-0.05, 0) is 88.6 Å². The summed E-state index contributed by atoms with van der Waals surface area (Å²) >= 11 is 0. The van der Waals surface area contributed by atoms with Crippen molar-refractivity contribution >= 4 is 37.0 Å². The average Bonchev–Trinajstić information content (AvgIpc) is 3.62. The van der Waals surface area contributed by atoms with Gasteiger partial charge in [0.1, 0.15) is 6.33 Å². The molecule has 3 N–H and O–H groups in total. The van der Waals surface area contributed by atoms with E-state index in [1.54, 1.807) is 23.0 Å². The van der Waals surface area contributed by atoms with E-state index in [2.05, 4.69) is 29.3 Å². The maximum absolute atomic E-state index is 13.3. The fourth-order valence-corrected chi connectivity index (χ4v) is 3.60. The van der Waals surface area contributed by atoms with Crippen LogP contribution in [0.25, 0.3) is 16.6 Å². The van der Waals surface area contributed by atoms with Crippen molar-refractivity contribution in [3.8, 4) is 5.69 Å². The molecule has 1 aromatic heterocycles. The first-order valence-electron chi connectivity index (χ1n) is 12.3. The Balaban J connectivity index is 0.000000482. The monoisotopic (exact) mass is 596 g/mol. The van der Waals surface area contributed by atoms with Gasteiger partial charge in [-0.1, -0.05) is 12.1 Å². The fourth-order valence-electron chi connectivity index (χ4n) is 3.60. The number of aromatic nitrogens is 2. The van der Waals surface area contributed by atoms with E-state index < -0.39 is 20.2 Å². The highest BCUT2D eigenvalue weighted by Gasteiger charge is 2.24. The standard InChI is InChI=1S/C24H28N4O2.2CH4O3S/c1-16-6-8-18(23(29)26-19-9-10-19)14-22(16)28-15-25-21-11-7-17(5-4-12-27(2)3)13-20(21)24(28)30;2*1-5(2,3)4/h6-8,11,13-15,19H,4-5,9-10,12H2,1-3H3,(H,26,29);2*1H3,(H,2,3,4). The van der Waals surface area contributed by atoms with E-state index in [0.29, 0.717) is 40.7 Å². The molecule has 1 heterocycles. The molecule has 14 heteroatoms. The smallest absolute Gasteiger partial charge is 0.265 e. The summed E-state index contributed by atoms with van der Waals surface area (Å²) in [6, 6.07) is 11.7. The predicted octanol–water partition coefficient (Wildman–Crippen LogP) is 2.09. The number of carbonyl (C=O) groups excluding carboxylic acids is 1. The largest absolute Gasteiger partial charge is 0.349 e. The molecule has 4 rings (SSSR count). The fraction of sp³-hybridized carbons (Fsp3) is 0.423. The summed E-state index contributed by atoms with van der Waals surface area (Å²) in [5.41, 5.74) is 3.88. The number of nitrogens with one attached hydrogen (secondary N) is 1. The molecule has 12 nitrogen and oxygen atoms in total. The van der Waals surface area contributed by atoms with Crippen LogP contribution in [0.3, 0.4) is 0 Å². The first-order valence-corrected chi connectivity index (χ1v) is 16.0. The van der Waals surface area contributed by atoms with Crippen molar-refractivity contribution in [1.82, 2.24) is 19.8 Å². The second kappa shape index (κ2) is 13.9. The van der Waals surface area contributed by atoms with Gasteiger partial charge in [0, 0.05) is 11.6 Å². The van der Waals surface area contributed by atoms with Crippen LogP contribution in [0.1, 0.15) is 40.7 Å². The molecule has 1 fully saturated rings. The number of benzene rings is 2. The molecular formula is C26H36N4O8S2. The van der Waals surface area contributed by atoms with Gasteiger partial charge in [0.25, 0.3) is 31.7 Å². The van der Waals surface area contributed by atoms with Gasteiger partial charge in [-0.25, -0.2) is 4.98 Å². The summed E-state index contributed by atoms with van der Waals surface area (Å²) < 4.78 is 53.3. The first-order chi connectivity index (χ1) is 18.4. The quantitative estimate of drug-likeness (QED) is 0.342. The van der Waals surface area contributed by atoms with Crippen LogP contribution in [0.5, 0.6) is 0 Å². The van der Waals surface area contributed by atoms with E-state index in [1.807, 2.05) is 31.2 Å². The highest BCUT2D eigenvalue weighted by atomic mass is 32.2. The predicted molar refractivity (Wildman–Crippen MR) is 154 cm³/mol. The summed E-state index contributed by atoms with van der Waals surface area (Å²) in [5.74, 6) is -0.0938. The number of fused-ring (bicyclic) bond motifs is 1. The number of aryl methyl sites for hydroxylation is 2. The van der Waals surface area contributed by atoms with Crippen LogP contribution in [-0.2, 0) is 26.7 Å². The minimum absolute atomic E-state index is 0.0938. The third-order valence-corrected chi connectivity index (χ3v) is 5.54. The van der Waals surface area contributed by atoms with E-state index in [9.17, 15) is 26.4 Å². The Morgan fingerprint density at radius 2 is 1.65 bits per heavy atom. The Morgan fingerprint density at radius 1 is 1.05 bits per heavy atom. The molecule has 3 aromatic rings. The molecule has 1 saturated carbocycles. The lowest BCUT2D eigenvalue weighted by Gasteiger charge is -2.13. The third kappa shape index (κ3) is 12.3. The van der Waals surface area contributed by atoms with Gasteiger partial charge in [-0.2, -0.15) is 16.8 Å². The number of hydrogen-bond donors (Lipinski definition) is 3. The van der Waals surface area contributed by atoms with Gasteiger partial charge in [-0.15, -0.1) is 0 Å². The molecule has 0 spiro atoms. The zero-order valence-electron chi connectivity index (χ0n) is 23.2. The molecule has 0 saturated heterocycles. The first kappa shape index (κ1) is 33.0. The minimum atomic E-state index is -3.67. The lowest BCUT2D eigenvalue weighted by atomic mass is 10.1. The molecule has 0 radical (unpaired) electrons. The molecule has 40 heavy (non-hydrogen) atoms. The molecule has 1 aliphatic carbocycles. The lowest BCUT2D eigenvalue weighted by molar-refractivity contribution is 0.0951. The summed E-state index contributed by atoms with van der Waals surface area (Å²) in [6.07, 6.45) is 7.01. The van der Waals surface area contributed by atoms with Gasteiger partial charge in [0.15, 0.2) is 0 Å². The maximum atomic E-state index is 13.3. The second-order valence-corrected chi connectivity index (χ2v) is 12.8. The SMILES string of the molecule is CS(=O)(=O)O.CS(=O)(=O)O.Cc1ccc(C(=O)NC2CC2)cc1-n1cnc2ccc(CCCN(C)C)cc2c1=O. The van der Waals surface area contributed by atoms with Gasteiger partial charge in [0.05, 0.1) is 29.1 Å². The molecule has 1 amide bonds. The minimum Gasteiger partial charge on any atom is -0.349 e. The van der Waals surface area contributed by atoms with Crippen LogP contribution in [0.2, 0.25) is 0 Å². The van der Waals surface area contributed by atoms with Crippen molar-refractivity contribution in [3.63, 3.8) is 0 Å². The topological polar surface area (TPSA) is 176 Å². The van der Waals surface area contributed by atoms with E-state index >= 15 is 0 Å². The average molecular weight is 597 g/mol. The molecule has 220 valence electrons. The van der Waals surface area contributed by atoms with Crippen molar-refractivity contribution in [1.29, 1.82) is 0 Å². The molecule has 0 aliphatic heterocycles. The van der Waals surface area contributed by atoms with Crippen LogP contribution in [0, 0.1) is 6.92 Å². The third-order valence-electron chi connectivity index (χ3n) is 5.54. The van der Waals surface area contributed by atoms with Crippen LogP contribution >= 0.6 is 0 Å². The van der Waals surface area contributed by atoms with Crippen LogP contribution < -0.4 is 10.9 Å². The maximum Gasteiger partial charge on any atom is 0.265 e. The van der Waals surface area contributed by atoms with Crippen LogP contribution in [-0.4, -0.2) is 85.5 Å². The van der Waals surface area contributed by atoms with Crippen LogP contribution in [0.4, 0.5) is 0 Å². The zero-order valence-corrected chi connectivity index (χ0v) is 24.8. The molecule has 2 aromatic carbocycles. The number of rotatable bonds is 7. The summed E-state index contributed by atoms with van der Waals surface area (Å²) in [7, 11) is -3.21. The highest BCUT2D eigenvalue weighted by Crippen LogP contribution is 2.21. The van der Waals surface area contributed by atoms with Gasteiger partial charge < -0.3 is 10.2 Å². The van der Waals surface area contributed by atoms with Gasteiger partial charge in [0.2, 0.25) is 0 Å². The summed E-state index contributed by atoms with van der Waals surface area (Å²) in [5, 5.41) is 3.61. The Labute approximate surface area is 234 Å². The van der Waals surface area contributed by atoms with Crippen LogP contribution in [0.15, 0.2) is 47.5 Å². The van der Waals surface area contributed by atoms with Crippen molar-refractivity contribution in [3.05, 3.63) is 69.8 Å². The van der Waals surface area contributed by atoms with Crippen molar-refractivity contribution < 1.29 is 30.7 Å². The normalized spacial score (nSPS) is 13.2. The molecule has 0 bridgehead atoms. The number of hydrogen-bond acceptors (Lipinski definition) is 8. The summed E-state index contributed by atoms with van der Waals surface area (Å²) in [4.78, 5) is 32.4. The Bertz CT molecular complexity index is 1570. The van der Waals surface area contributed by atoms with E-state index in [4.69, 9.17) is 9.11 Å². The number of nitrogens with zero attached hydrogens (tertiary/aromatic N) is 3. The van der Waals surface area contributed by atoms with E-state index in [0.717, 1.165) is 43.4 Å². The molecule has 0 unspecified atom stereocenters. The van der Waals surface area contributed by atoms with Gasteiger partial charge in [-0.3, -0.25) is 23.3 Å². The summed E-state index contributed by atoms with van der Waals surface area (Å²) in [6.45, 7) is 2.94. The van der Waals surface area contributed by atoms with Crippen molar-refractivity contribution in [2.75, 3.05) is 33.2 Å². The number of carbonyl (C=O) groups is 1. The van der Waals surface area contributed by atoms with Gasteiger partial charge >= 0.3 is 0 Å². The Hall–Kier alpha value is -3.17. The Kier molecular flexibility index (Phi) is 11.5. The number of amides is 1. The molecule has 0 atom stereocenters. The van der Waals surface area contributed by atoms with Crippen molar-refractivity contribution in [2.24, 2.45) is 0 Å². The highest BCUT2D eigenvalue weighted by molar-refractivity contribution is 7.85. The zero-order chi connectivity index (χ0) is 30.3. The van der Waals surface area contributed by atoms with Crippen molar-refractivity contribution in [2.45, 2.75) is 38.6 Å².